The average molecular weight is 272 g/mol. The Morgan fingerprint density at radius 1 is 1.16 bits per heavy atom. The summed E-state index contributed by atoms with van der Waals surface area (Å²) in [6.45, 7) is 6.37. The van der Waals surface area contributed by atoms with Crippen LogP contribution in [0.2, 0.25) is 0 Å². The van der Waals surface area contributed by atoms with Crippen molar-refractivity contribution in [2.75, 3.05) is 33.3 Å². The topological polar surface area (TPSA) is 58.6 Å². The highest BCUT2D eigenvalue weighted by Crippen LogP contribution is 2.02. The number of hydrogen-bond acceptors (Lipinski definition) is 4. The molecule has 1 N–H and O–H groups in total. The number of nitrogens with one attached hydrogen (secondary N) is 1. The second-order valence-electron chi connectivity index (χ2n) is 4.70. The zero-order valence-electron chi connectivity index (χ0n) is 12.5. The van der Waals surface area contributed by atoms with Crippen LogP contribution in [0.3, 0.4) is 0 Å². The molecule has 19 heavy (non-hydrogen) atoms. The molecule has 0 bridgehead atoms. The van der Waals surface area contributed by atoms with E-state index in [-0.39, 0.29) is 11.9 Å². The quantitative estimate of drug-likeness (QED) is 0.458. The Kier molecular flexibility index (Phi) is 11.3. The van der Waals surface area contributed by atoms with Crippen LogP contribution in [0.5, 0.6) is 0 Å². The predicted molar refractivity (Wildman–Crippen MR) is 75.9 cm³/mol. The SMILES string of the molecule is CCCNC(=O)CN(C)CCCCCC(=O)OCC. The maximum Gasteiger partial charge on any atom is 0.305 e. The minimum absolute atomic E-state index is 0.0795. The number of amides is 1. The van der Waals surface area contributed by atoms with E-state index < -0.39 is 0 Å². The van der Waals surface area contributed by atoms with Gasteiger partial charge in [-0.15, -0.1) is 0 Å². The molecule has 0 radical (unpaired) electrons. The molecule has 0 aliphatic rings. The van der Waals surface area contributed by atoms with Crippen LogP contribution in [0.1, 0.15) is 46.0 Å². The van der Waals surface area contributed by atoms with E-state index >= 15 is 0 Å². The number of unbranched alkanes of at least 4 members (excludes halogenated alkanes) is 2. The number of nitrogens with zero attached hydrogens (tertiary/aromatic N) is 1. The summed E-state index contributed by atoms with van der Waals surface area (Å²) in [5.41, 5.74) is 0. The van der Waals surface area contributed by atoms with Gasteiger partial charge in [0.15, 0.2) is 0 Å². The largest absolute Gasteiger partial charge is 0.466 e. The molecule has 0 saturated carbocycles. The smallest absolute Gasteiger partial charge is 0.305 e. The lowest BCUT2D eigenvalue weighted by atomic mass is 10.2. The first-order valence-corrected chi connectivity index (χ1v) is 7.21. The highest BCUT2D eigenvalue weighted by Gasteiger charge is 2.05. The molecule has 5 nitrogen and oxygen atoms in total. The van der Waals surface area contributed by atoms with Gasteiger partial charge in [0.25, 0.3) is 0 Å². The van der Waals surface area contributed by atoms with Crippen LogP contribution in [-0.2, 0) is 14.3 Å². The van der Waals surface area contributed by atoms with Gasteiger partial charge in [0.2, 0.25) is 5.91 Å². The third kappa shape index (κ3) is 11.7. The first-order valence-electron chi connectivity index (χ1n) is 7.21. The second kappa shape index (κ2) is 12.0. The highest BCUT2D eigenvalue weighted by atomic mass is 16.5. The van der Waals surface area contributed by atoms with E-state index in [1.54, 1.807) is 0 Å². The van der Waals surface area contributed by atoms with Gasteiger partial charge >= 0.3 is 5.97 Å². The molecule has 0 unspecified atom stereocenters. The molecule has 0 saturated heterocycles. The van der Waals surface area contributed by atoms with Crippen LogP contribution in [0, 0.1) is 0 Å². The average Bonchev–Trinajstić information content (AvgIpc) is 2.36. The molecule has 0 fully saturated rings. The summed E-state index contributed by atoms with van der Waals surface area (Å²) in [4.78, 5) is 24.6. The monoisotopic (exact) mass is 272 g/mol. The van der Waals surface area contributed by atoms with Crippen molar-refractivity contribution >= 4 is 11.9 Å². The molecule has 0 atom stereocenters. The Hall–Kier alpha value is -1.10. The molecule has 0 aliphatic heterocycles. The van der Waals surface area contributed by atoms with Gasteiger partial charge in [-0.25, -0.2) is 0 Å². The van der Waals surface area contributed by atoms with E-state index in [1.807, 2.05) is 25.8 Å². The fourth-order valence-corrected chi connectivity index (χ4v) is 1.71. The minimum Gasteiger partial charge on any atom is -0.466 e. The summed E-state index contributed by atoms with van der Waals surface area (Å²) in [6.07, 6.45) is 4.29. The Bertz CT molecular complexity index is 257. The standard InChI is InChI=1S/C14H28N2O3/c1-4-10-15-13(17)12-16(3)11-8-6-7-9-14(18)19-5-2/h4-12H2,1-3H3,(H,15,17). The summed E-state index contributed by atoms with van der Waals surface area (Å²) in [5, 5.41) is 2.85. The van der Waals surface area contributed by atoms with Crippen LogP contribution in [-0.4, -0.2) is 50.1 Å². The molecule has 0 aromatic heterocycles. The number of esters is 1. The summed E-state index contributed by atoms with van der Waals surface area (Å²) >= 11 is 0. The molecule has 0 aromatic rings. The molecular formula is C14H28N2O3. The van der Waals surface area contributed by atoms with Gasteiger partial charge in [-0.05, 0) is 39.8 Å². The zero-order chi connectivity index (χ0) is 14.5. The lowest BCUT2D eigenvalue weighted by molar-refractivity contribution is -0.143. The number of rotatable bonds is 11. The van der Waals surface area contributed by atoms with Crippen molar-refractivity contribution in [3.8, 4) is 0 Å². The van der Waals surface area contributed by atoms with E-state index in [2.05, 4.69) is 5.32 Å². The van der Waals surface area contributed by atoms with Crippen molar-refractivity contribution in [1.82, 2.24) is 10.2 Å². The molecule has 0 aromatic carbocycles. The molecule has 0 heterocycles. The van der Waals surface area contributed by atoms with Gasteiger partial charge in [0.1, 0.15) is 0 Å². The Morgan fingerprint density at radius 2 is 1.89 bits per heavy atom. The second-order valence-corrected chi connectivity index (χ2v) is 4.70. The minimum atomic E-state index is -0.116. The van der Waals surface area contributed by atoms with Crippen LogP contribution in [0.15, 0.2) is 0 Å². The fraction of sp³-hybridized carbons (Fsp3) is 0.857. The van der Waals surface area contributed by atoms with Gasteiger partial charge in [0.05, 0.1) is 13.2 Å². The maximum atomic E-state index is 11.4. The maximum absolute atomic E-state index is 11.4. The highest BCUT2D eigenvalue weighted by molar-refractivity contribution is 5.77. The van der Waals surface area contributed by atoms with Crippen LogP contribution in [0.4, 0.5) is 0 Å². The van der Waals surface area contributed by atoms with Gasteiger partial charge in [0, 0.05) is 13.0 Å². The van der Waals surface area contributed by atoms with Gasteiger partial charge < -0.3 is 10.1 Å². The molecule has 5 heteroatoms. The van der Waals surface area contributed by atoms with Gasteiger partial charge in [-0.2, -0.15) is 0 Å². The van der Waals surface area contributed by atoms with E-state index in [9.17, 15) is 9.59 Å². The van der Waals surface area contributed by atoms with Crippen molar-refractivity contribution in [3.63, 3.8) is 0 Å². The molecule has 1 amide bonds. The van der Waals surface area contributed by atoms with Crippen LogP contribution >= 0.6 is 0 Å². The molecule has 0 aliphatic carbocycles. The Balaban J connectivity index is 3.45. The first-order chi connectivity index (χ1) is 9.10. The third-order valence-electron chi connectivity index (χ3n) is 2.71. The number of carbonyl (C=O) groups excluding carboxylic acids is 2. The van der Waals surface area contributed by atoms with E-state index in [0.717, 1.165) is 38.8 Å². The number of hydrogen-bond donors (Lipinski definition) is 1. The lowest BCUT2D eigenvalue weighted by Crippen LogP contribution is -2.35. The van der Waals surface area contributed by atoms with E-state index in [1.165, 1.54) is 0 Å². The van der Waals surface area contributed by atoms with Crippen molar-refractivity contribution in [3.05, 3.63) is 0 Å². The number of carbonyl (C=O) groups is 2. The van der Waals surface area contributed by atoms with Crippen molar-refractivity contribution in [2.45, 2.75) is 46.0 Å². The van der Waals surface area contributed by atoms with Gasteiger partial charge in [-0.1, -0.05) is 13.3 Å². The lowest BCUT2D eigenvalue weighted by Gasteiger charge is -2.15. The number of likely N-dealkylation sites (N-methyl/N-ethyl adjacent to an activating group) is 1. The molecule has 0 rings (SSSR count). The Labute approximate surface area is 116 Å². The Morgan fingerprint density at radius 3 is 2.53 bits per heavy atom. The summed E-state index contributed by atoms with van der Waals surface area (Å²) in [5.74, 6) is -0.0364. The third-order valence-corrected chi connectivity index (χ3v) is 2.71. The van der Waals surface area contributed by atoms with Crippen LogP contribution in [0.25, 0.3) is 0 Å². The van der Waals surface area contributed by atoms with E-state index in [4.69, 9.17) is 4.74 Å². The molecule has 112 valence electrons. The molecular weight excluding hydrogens is 244 g/mol. The molecule has 0 spiro atoms. The van der Waals surface area contributed by atoms with Crippen molar-refractivity contribution in [1.29, 1.82) is 0 Å². The van der Waals surface area contributed by atoms with Crippen LogP contribution < -0.4 is 5.32 Å². The summed E-state index contributed by atoms with van der Waals surface area (Å²) in [7, 11) is 1.94. The fourth-order valence-electron chi connectivity index (χ4n) is 1.71. The number of ether oxygens (including phenoxy) is 1. The van der Waals surface area contributed by atoms with Crippen molar-refractivity contribution in [2.24, 2.45) is 0 Å². The summed E-state index contributed by atoms with van der Waals surface area (Å²) in [6, 6.07) is 0. The zero-order valence-corrected chi connectivity index (χ0v) is 12.5. The van der Waals surface area contributed by atoms with E-state index in [0.29, 0.717) is 19.6 Å². The predicted octanol–water partition coefficient (Wildman–Crippen LogP) is 1.57. The summed E-state index contributed by atoms with van der Waals surface area (Å²) < 4.78 is 4.86. The van der Waals surface area contributed by atoms with Crippen molar-refractivity contribution < 1.29 is 14.3 Å². The normalized spacial score (nSPS) is 10.5. The first kappa shape index (κ1) is 17.9. The van der Waals surface area contributed by atoms with Gasteiger partial charge in [-0.3, -0.25) is 14.5 Å².